The minimum Gasteiger partial charge on any atom is -0.456 e. The highest BCUT2D eigenvalue weighted by molar-refractivity contribution is 6.06. The Bertz CT molecular complexity index is 872. The van der Waals surface area contributed by atoms with Crippen LogP contribution in [0.5, 0.6) is 0 Å². The maximum Gasteiger partial charge on any atom is 0.226 e. The van der Waals surface area contributed by atoms with E-state index in [-0.39, 0.29) is 0 Å². The fourth-order valence-corrected chi connectivity index (χ4v) is 2.47. The summed E-state index contributed by atoms with van der Waals surface area (Å²) in [5, 5.41) is 2.27. The Morgan fingerprint density at radius 3 is 2.74 bits per heavy atom. The van der Waals surface area contributed by atoms with E-state index in [1.54, 1.807) is 12.5 Å². The molecule has 2 heterocycles. The lowest BCUT2D eigenvalue weighted by atomic mass is 10.0. The standard InChI is InChI=1S/C16H11NO2/c1-10-8-13-11-4-2-3-5-14(11)19-15(13)9-12(10)16-17-6-7-18-16/h2-9H,1H3. The summed E-state index contributed by atoms with van der Waals surface area (Å²) >= 11 is 0. The van der Waals surface area contributed by atoms with Gasteiger partial charge in [-0.25, -0.2) is 4.98 Å². The third kappa shape index (κ3) is 1.48. The molecule has 0 amide bonds. The van der Waals surface area contributed by atoms with Crippen LogP contribution in [0.25, 0.3) is 33.4 Å². The first-order chi connectivity index (χ1) is 9.33. The van der Waals surface area contributed by atoms with Gasteiger partial charge < -0.3 is 8.83 Å². The summed E-state index contributed by atoms with van der Waals surface area (Å²) in [5.41, 5.74) is 3.86. The number of rotatable bonds is 1. The van der Waals surface area contributed by atoms with E-state index in [2.05, 4.69) is 24.0 Å². The molecule has 0 fully saturated rings. The van der Waals surface area contributed by atoms with Crippen molar-refractivity contribution in [2.24, 2.45) is 0 Å². The van der Waals surface area contributed by atoms with E-state index in [1.165, 1.54) is 0 Å². The van der Waals surface area contributed by atoms with Gasteiger partial charge in [0.1, 0.15) is 17.4 Å². The van der Waals surface area contributed by atoms with Gasteiger partial charge in [0.2, 0.25) is 5.89 Å². The molecule has 3 heteroatoms. The monoisotopic (exact) mass is 249 g/mol. The molecule has 0 saturated carbocycles. The fourth-order valence-electron chi connectivity index (χ4n) is 2.47. The molecule has 0 unspecified atom stereocenters. The van der Waals surface area contributed by atoms with Crippen LogP contribution in [0, 0.1) is 6.92 Å². The normalized spacial score (nSPS) is 11.4. The molecule has 0 N–H and O–H groups in total. The number of hydrogen-bond acceptors (Lipinski definition) is 3. The average molecular weight is 249 g/mol. The van der Waals surface area contributed by atoms with Crippen LogP contribution in [-0.2, 0) is 0 Å². The van der Waals surface area contributed by atoms with E-state index < -0.39 is 0 Å². The van der Waals surface area contributed by atoms with E-state index in [1.807, 2.05) is 24.3 Å². The number of furan rings is 1. The molecule has 0 saturated heterocycles. The molecule has 0 aliphatic rings. The molecule has 0 radical (unpaired) electrons. The Hall–Kier alpha value is -2.55. The summed E-state index contributed by atoms with van der Waals surface area (Å²) in [7, 11) is 0. The SMILES string of the molecule is Cc1cc2c(cc1-c1ncco1)oc1ccccc12. The van der Waals surface area contributed by atoms with E-state index in [9.17, 15) is 0 Å². The van der Waals surface area contributed by atoms with Crippen LogP contribution in [0.3, 0.4) is 0 Å². The molecule has 2 aromatic heterocycles. The molecule has 0 aliphatic heterocycles. The molecule has 3 nitrogen and oxygen atoms in total. The van der Waals surface area contributed by atoms with E-state index in [0.717, 1.165) is 33.1 Å². The van der Waals surface area contributed by atoms with Gasteiger partial charge in [-0.05, 0) is 30.7 Å². The number of hydrogen-bond donors (Lipinski definition) is 0. The van der Waals surface area contributed by atoms with Crippen LogP contribution < -0.4 is 0 Å². The minimum absolute atomic E-state index is 0.625. The van der Waals surface area contributed by atoms with Crippen molar-refractivity contribution in [2.45, 2.75) is 6.92 Å². The predicted molar refractivity (Wildman–Crippen MR) is 74.0 cm³/mol. The zero-order valence-electron chi connectivity index (χ0n) is 10.4. The third-order valence-corrected chi connectivity index (χ3v) is 3.39. The topological polar surface area (TPSA) is 39.2 Å². The molecule has 92 valence electrons. The Morgan fingerprint density at radius 1 is 1.00 bits per heavy atom. The Morgan fingerprint density at radius 2 is 1.89 bits per heavy atom. The van der Waals surface area contributed by atoms with Crippen molar-refractivity contribution in [3.8, 4) is 11.5 Å². The second kappa shape index (κ2) is 3.72. The van der Waals surface area contributed by atoms with Crippen molar-refractivity contribution in [3.63, 3.8) is 0 Å². The van der Waals surface area contributed by atoms with Gasteiger partial charge in [-0.15, -0.1) is 0 Å². The number of aromatic nitrogens is 1. The van der Waals surface area contributed by atoms with Crippen molar-refractivity contribution in [2.75, 3.05) is 0 Å². The lowest BCUT2D eigenvalue weighted by Crippen LogP contribution is -1.83. The quantitative estimate of drug-likeness (QED) is 0.496. The predicted octanol–water partition coefficient (Wildman–Crippen LogP) is 4.55. The highest BCUT2D eigenvalue weighted by Crippen LogP contribution is 2.33. The number of oxazole rings is 1. The molecule has 2 aromatic carbocycles. The van der Waals surface area contributed by atoms with Crippen LogP contribution in [0.2, 0.25) is 0 Å². The lowest BCUT2D eigenvalue weighted by Gasteiger charge is -2.01. The van der Waals surface area contributed by atoms with Crippen molar-refractivity contribution in [3.05, 3.63) is 54.4 Å². The van der Waals surface area contributed by atoms with Crippen LogP contribution >= 0.6 is 0 Å². The summed E-state index contributed by atoms with van der Waals surface area (Å²) in [4.78, 5) is 4.20. The van der Waals surface area contributed by atoms with Gasteiger partial charge in [-0.1, -0.05) is 18.2 Å². The third-order valence-electron chi connectivity index (χ3n) is 3.39. The molecule has 4 rings (SSSR count). The Balaban J connectivity index is 2.09. The number of fused-ring (bicyclic) bond motifs is 3. The van der Waals surface area contributed by atoms with Crippen molar-refractivity contribution in [1.29, 1.82) is 0 Å². The fraction of sp³-hybridized carbons (Fsp3) is 0.0625. The van der Waals surface area contributed by atoms with Crippen molar-refractivity contribution < 1.29 is 8.83 Å². The van der Waals surface area contributed by atoms with E-state index in [4.69, 9.17) is 8.83 Å². The Labute approximate surface area is 109 Å². The van der Waals surface area contributed by atoms with E-state index in [0.29, 0.717) is 5.89 Å². The molecule has 0 spiro atoms. The van der Waals surface area contributed by atoms with Gasteiger partial charge in [-0.3, -0.25) is 0 Å². The highest BCUT2D eigenvalue weighted by Gasteiger charge is 2.12. The van der Waals surface area contributed by atoms with Crippen molar-refractivity contribution in [1.82, 2.24) is 4.98 Å². The lowest BCUT2D eigenvalue weighted by molar-refractivity contribution is 0.574. The van der Waals surface area contributed by atoms with Gasteiger partial charge in [-0.2, -0.15) is 0 Å². The van der Waals surface area contributed by atoms with Crippen LogP contribution in [0.15, 0.2) is 57.7 Å². The van der Waals surface area contributed by atoms with Gasteiger partial charge >= 0.3 is 0 Å². The average Bonchev–Trinajstić information content (AvgIpc) is 3.04. The summed E-state index contributed by atoms with van der Waals surface area (Å²) in [5.74, 6) is 0.625. The summed E-state index contributed by atoms with van der Waals surface area (Å²) in [6.07, 6.45) is 3.23. The van der Waals surface area contributed by atoms with Crippen LogP contribution in [0.1, 0.15) is 5.56 Å². The van der Waals surface area contributed by atoms with Crippen LogP contribution in [0.4, 0.5) is 0 Å². The molecule has 0 bridgehead atoms. The first kappa shape index (κ1) is 10.4. The van der Waals surface area contributed by atoms with Gasteiger partial charge in [0.05, 0.1) is 6.20 Å². The zero-order chi connectivity index (χ0) is 12.8. The maximum absolute atomic E-state index is 5.88. The number of nitrogens with zero attached hydrogens (tertiary/aromatic N) is 1. The molecule has 4 aromatic rings. The summed E-state index contributed by atoms with van der Waals surface area (Å²) in [6, 6.07) is 12.2. The molecule has 19 heavy (non-hydrogen) atoms. The number of para-hydroxylation sites is 1. The summed E-state index contributed by atoms with van der Waals surface area (Å²) < 4.78 is 11.2. The first-order valence-corrected chi connectivity index (χ1v) is 6.15. The first-order valence-electron chi connectivity index (χ1n) is 6.15. The van der Waals surface area contributed by atoms with Crippen molar-refractivity contribution >= 4 is 21.9 Å². The molecular formula is C16H11NO2. The molecule has 0 aliphatic carbocycles. The minimum atomic E-state index is 0.625. The maximum atomic E-state index is 5.88. The van der Waals surface area contributed by atoms with E-state index >= 15 is 0 Å². The highest BCUT2D eigenvalue weighted by atomic mass is 16.3. The molecule has 0 atom stereocenters. The Kier molecular flexibility index (Phi) is 2.03. The smallest absolute Gasteiger partial charge is 0.226 e. The number of aryl methyl sites for hydroxylation is 1. The number of benzene rings is 2. The second-order valence-corrected chi connectivity index (χ2v) is 4.60. The van der Waals surface area contributed by atoms with Gasteiger partial charge in [0.25, 0.3) is 0 Å². The largest absolute Gasteiger partial charge is 0.456 e. The zero-order valence-corrected chi connectivity index (χ0v) is 10.4. The summed E-state index contributed by atoms with van der Waals surface area (Å²) in [6.45, 7) is 2.06. The molecular weight excluding hydrogens is 238 g/mol. The second-order valence-electron chi connectivity index (χ2n) is 4.60. The van der Waals surface area contributed by atoms with Gasteiger partial charge in [0, 0.05) is 16.3 Å². The van der Waals surface area contributed by atoms with Crippen LogP contribution in [-0.4, -0.2) is 4.98 Å². The van der Waals surface area contributed by atoms with Gasteiger partial charge in [0.15, 0.2) is 0 Å².